The summed E-state index contributed by atoms with van der Waals surface area (Å²) in [5.41, 5.74) is 2.04. The SMILES string of the molecule is CCn1ncc(CNC(=O)c2ccn(COc3ccccc3[N+](=O)[O-])n2)c1C. The minimum absolute atomic E-state index is 0.0550. The van der Waals surface area contributed by atoms with Gasteiger partial charge in [0.25, 0.3) is 5.91 Å². The first-order valence-electron chi connectivity index (χ1n) is 8.68. The van der Waals surface area contributed by atoms with E-state index in [1.165, 1.54) is 16.8 Å². The first-order valence-corrected chi connectivity index (χ1v) is 8.68. The van der Waals surface area contributed by atoms with Gasteiger partial charge in [0.15, 0.2) is 12.5 Å². The summed E-state index contributed by atoms with van der Waals surface area (Å²) >= 11 is 0. The molecule has 0 aliphatic rings. The maximum Gasteiger partial charge on any atom is 0.311 e. The quantitative estimate of drug-likeness (QED) is 0.470. The summed E-state index contributed by atoms with van der Waals surface area (Å²) in [7, 11) is 0. The topological polar surface area (TPSA) is 117 Å². The van der Waals surface area contributed by atoms with Gasteiger partial charge in [-0.05, 0) is 26.0 Å². The number of aromatic nitrogens is 4. The van der Waals surface area contributed by atoms with Crippen LogP contribution in [0.3, 0.4) is 0 Å². The smallest absolute Gasteiger partial charge is 0.311 e. The number of nitro groups is 1. The van der Waals surface area contributed by atoms with Crippen LogP contribution in [0.5, 0.6) is 5.75 Å². The molecular weight excluding hydrogens is 364 g/mol. The normalized spacial score (nSPS) is 10.6. The molecule has 0 radical (unpaired) electrons. The molecule has 0 unspecified atom stereocenters. The number of nitrogens with zero attached hydrogens (tertiary/aromatic N) is 5. The van der Waals surface area contributed by atoms with Gasteiger partial charge in [0.05, 0.1) is 11.1 Å². The number of amides is 1. The predicted molar refractivity (Wildman–Crippen MR) is 99.8 cm³/mol. The van der Waals surface area contributed by atoms with Crippen molar-refractivity contribution in [2.45, 2.75) is 33.7 Å². The molecule has 10 nitrogen and oxygen atoms in total. The van der Waals surface area contributed by atoms with Gasteiger partial charge in [0.1, 0.15) is 5.69 Å². The van der Waals surface area contributed by atoms with Crippen molar-refractivity contribution >= 4 is 11.6 Å². The Bertz CT molecular complexity index is 994. The van der Waals surface area contributed by atoms with Crippen molar-refractivity contribution in [3.63, 3.8) is 0 Å². The van der Waals surface area contributed by atoms with Gasteiger partial charge in [-0.1, -0.05) is 12.1 Å². The van der Waals surface area contributed by atoms with Gasteiger partial charge in [-0.15, -0.1) is 0 Å². The molecule has 146 valence electrons. The molecule has 0 fully saturated rings. The zero-order valence-electron chi connectivity index (χ0n) is 15.5. The Kier molecular flexibility index (Phi) is 5.68. The maximum atomic E-state index is 12.3. The van der Waals surface area contributed by atoms with Crippen molar-refractivity contribution in [3.05, 3.63) is 69.8 Å². The minimum atomic E-state index is -0.514. The second kappa shape index (κ2) is 8.33. The molecule has 0 aliphatic heterocycles. The lowest BCUT2D eigenvalue weighted by atomic mass is 10.2. The minimum Gasteiger partial charge on any atom is -0.464 e. The van der Waals surface area contributed by atoms with Gasteiger partial charge >= 0.3 is 5.69 Å². The molecule has 1 N–H and O–H groups in total. The van der Waals surface area contributed by atoms with Crippen LogP contribution < -0.4 is 10.1 Å². The Morgan fingerprint density at radius 2 is 2.11 bits per heavy atom. The van der Waals surface area contributed by atoms with Crippen molar-refractivity contribution in [1.29, 1.82) is 0 Å². The van der Waals surface area contributed by atoms with E-state index in [1.807, 2.05) is 18.5 Å². The van der Waals surface area contributed by atoms with Gasteiger partial charge < -0.3 is 10.1 Å². The van der Waals surface area contributed by atoms with E-state index in [1.54, 1.807) is 30.6 Å². The average molecular weight is 384 g/mol. The molecule has 0 atom stereocenters. The molecule has 28 heavy (non-hydrogen) atoms. The molecule has 0 saturated carbocycles. The number of nitrogens with one attached hydrogen (secondary N) is 1. The molecule has 0 spiro atoms. The van der Waals surface area contributed by atoms with Gasteiger partial charge in [-0.25, -0.2) is 4.68 Å². The number of ether oxygens (including phenoxy) is 1. The number of rotatable bonds is 8. The molecular formula is C18H20N6O4. The summed E-state index contributed by atoms with van der Waals surface area (Å²) in [6, 6.07) is 7.63. The third-order valence-corrected chi connectivity index (χ3v) is 4.23. The van der Waals surface area contributed by atoms with E-state index in [9.17, 15) is 14.9 Å². The number of aryl methyl sites for hydroxylation is 1. The predicted octanol–water partition coefficient (Wildman–Crippen LogP) is 2.28. The van der Waals surface area contributed by atoms with Crippen molar-refractivity contribution in [2.75, 3.05) is 0 Å². The van der Waals surface area contributed by atoms with E-state index in [0.717, 1.165) is 17.8 Å². The maximum absolute atomic E-state index is 12.3. The standard InChI is InChI=1S/C18H20N6O4/c1-3-23-13(2)14(11-20-23)10-19-18(25)15-8-9-22(21-15)12-28-17-7-5-4-6-16(17)24(26)27/h4-9,11H,3,10,12H2,1-2H3,(H,19,25). The van der Waals surface area contributed by atoms with Crippen LogP contribution in [-0.4, -0.2) is 30.4 Å². The van der Waals surface area contributed by atoms with Crippen LogP contribution in [0.1, 0.15) is 28.7 Å². The largest absolute Gasteiger partial charge is 0.464 e. The molecule has 0 aliphatic carbocycles. The van der Waals surface area contributed by atoms with E-state index in [0.29, 0.717) is 6.54 Å². The van der Waals surface area contributed by atoms with Crippen LogP contribution >= 0.6 is 0 Å². The third kappa shape index (κ3) is 4.17. The Hall–Kier alpha value is -3.69. The van der Waals surface area contributed by atoms with Crippen LogP contribution in [-0.2, 0) is 19.8 Å². The van der Waals surface area contributed by atoms with E-state index in [-0.39, 0.29) is 29.8 Å². The highest BCUT2D eigenvalue weighted by atomic mass is 16.6. The fraction of sp³-hybridized carbons (Fsp3) is 0.278. The highest BCUT2D eigenvalue weighted by Gasteiger charge is 2.15. The fourth-order valence-corrected chi connectivity index (χ4v) is 2.66. The highest BCUT2D eigenvalue weighted by molar-refractivity contribution is 5.92. The van der Waals surface area contributed by atoms with Gasteiger partial charge in [0.2, 0.25) is 0 Å². The van der Waals surface area contributed by atoms with Gasteiger partial charge in [0, 0.05) is 36.6 Å². The zero-order valence-corrected chi connectivity index (χ0v) is 15.5. The summed E-state index contributed by atoms with van der Waals surface area (Å²) in [6.07, 6.45) is 3.31. The molecule has 0 bridgehead atoms. The second-order valence-corrected chi connectivity index (χ2v) is 5.99. The van der Waals surface area contributed by atoms with Gasteiger partial charge in [-0.3, -0.25) is 19.6 Å². The van der Waals surface area contributed by atoms with E-state index < -0.39 is 4.92 Å². The van der Waals surface area contributed by atoms with E-state index in [2.05, 4.69) is 15.5 Å². The lowest BCUT2D eigenvalue weighted by Crippen LogP contribution is -2.24. The van der Waals surface area contributed by atoms with Crippen molar-refractivity contribution in [3.8, 4) is 5.75 Å². The van der Waals surface area contributed by atoms with Crippen molar-refractivity contribution in [2.24, 2.45) is 0 Å². The van der Waals surface area contributed by atoms with Gasteiger partial charge in [-0.2, -0.15) is 10.2 Å². The number of hydrogen-bond acceptors (Lipinski definition) is 6. The summed E-state index contributed by atoms with van der Waals surface area (Å²) in [5.74, 6) is -0.189. The summed E-state index contributed by atoms with van der Waals surface area (Å²) in [4.78, 5) is 22.8. The van der Waals surface area contributed by atoms with Crippen LogP contribution in [0.25, 0.3) is 0 Å². The van der Waals surface area contributed by atoms with Crippen LogP contribution in [0.4, 0.5) is 5.69 Å². The van der Waals surface area contributed by atoms with E-state index in [4.69, 9.17) is 4.74 Å². The number of nitro benzene ring substituents is 1. The Morgan fingerprint density at radius 3 is 2.82 bits per heavy atom. The molecule has 3 rings (SSSR count). The Balaban J connectivity index is 1.58. The molecule has 3 aromatic rings. The van der Waals surface area contributed by atoms with Crippen molar-refractivity contribution in [1.82, 2.24) is 24.9 Å². The van der Waals surface area contributed by atoms with E-state index >= 15 is 0 Å². The summed E-state index contributed by atoms with van der Waals surface area (Å²) < 4.78 is 8.71. The van der Waals surface area contributed by atoms with Crippen molar-refractivity contribution < 1.29 is 14.5 Å². The molecule has 2 heterocycles. The summed E-state index contributed by atoms with van der Waals surface area (Å²) in [5, 5.41) is 22.2. The monoisotopic (exact) mass is 384 g/mol. The fourth-order valence-electron chi connectivity index (χ4n) is 2.66. The Morgan fingerprint density at radius 1 is 1.32 bits per heavy atom. The molecule has 10 heteroatoms. The number of carbonyl (C=O) groups is 1. The van der Waals surface area contributed by atoms with Crippen LogP contribution in [0, 0.1) is 17.0 Å². The first kappa shape index (κ1) is 19.1. The summed E-state index contributed by atoms with van der Waals surface area (Å²) in [6.45, 7) is 5.02. The second-order valence-electron chi connectivity index (χ2n) is 5.99. The average Bonchev–Trinajstić information content (AvgIpc) is 3.31. The highest BCUT2D eigenvalue weighted by Crippen LogP contribution is 2.25. The first-order chi connectivity index (χ1) is 13.5. The Labute approximate surface area is 160 Å². The number of hydrogen-bond donors (Lipinski definition) is 1. The number of benzene rings is 1. The molecule has 1 amide bonds. The molecule has 2 aromatic heterocycles. The molecule has 1 aromatic carbocycles. The van der Waals surface area contributed by atoms with Crippen LogP contribution in [0.15, 0.2) is 42.7 Å². The zero-order chi connectivity index (χ0) is 20.1. The number of carbonyl (C=O) groups excluding carboxylic acids is 1. The number of para-hydroxylation sites is 2. The molecule has 0 saturated heterocycles. The lowest BCUT2D eigenvalue weighted by molar-refractivity contribution is -0.386. The van der Waals surface area contributed by atoms with Crippen LogP contribution in [0.2, 0.25) is 0 Å². The third-order valence-electron chi connectivity index (χ3n) is 4.23. The lowest BCUT2D eigenvalue weighted by Gasteiger charge is -2.06.